The fourth-order valence-corrected chi connectivity index (χ4v) is 3.50. The van der Waals surface area contributed by atoms with E-state index >= 15 is 0 Å². The summed E-state index contributed by atoms with van der Waals surface area (Å²) in [4.78, 5) is 11.1. The molecule has 1 aromatic rings. The number of hydrogen-bond donors (Lipinski definition) is 1. The van der Waals surface area contributed by atoms with Gasteiger partial charge in [0.25, 0.3) is 0 Å². The van der Waals surface area contributed by atoms with Gasteiger partial charge in [0.2, 0.25) is 0 Å². The van der Waals surface area contributed by atoms with Crippen molar-refractivity contribution in [1.29, 1.82) is 0 Å². The molecule has 1 saturated heterocycles. The average Bonchev–Trinajstić information content (AvgIpc) is 2.78. The summed E-state index contributed by atoms with van der Waals surface area (Å²) in [6.07, 6.45) is 0. The molecule has 1 aromatic heterocycles. The monoisotopic (exact) mass is 296 g/mol. The highest BCUT2D eigenvalue weighted by Gasteiger charge is 2.21. The molecule has 4 nitrogen and oxygen atoms in total. The van der Waals surface area contributed by atoms with E-state index in [0.29, 0.717) is 12.1 Å². The van der Waals surface area contributed by atoms with Crippen molar-refractivity contribution in [3.8, 4) is 0 Å². The largest absolute Gasteiger partial charge is 0.346 e. The minimum absolute atomic E-state index is 0.523. The van der Waals surface area contributed by atoms with E-state index in [1.165, 1.54) is 15.7 Å². The number of aryl methyl sites for hydroxylation is 1. The third-order valence-electron chi connectivity index (χ3n) is 3.87. The van der Waals surface area contributed by atoms with Crippen molar-refractivity contribution in [3.63, 3.8) is 0 Å². The molecule has 0 spiro atoms. The lowest BCUT2D eigenvalue weighted by atomic mass is 10.2. The van der Waals surface area contributed by atoms with Crippen LogP contribution < -0.4 is 10.2 Å². The molecular weight excluding hydrogens is 268 g/mol. The SMILES string of the molecule is Cc1nc(N2CCN(C(C)C)CC2)sc1CNC(C)C. The fourth-order valence-electron chi connectivity index (χ4n) is 2.44. The summed E-state index contributed by atoms with van der Waals surface area (Å²) in [5, 5.41) is 4.68. The Hall–Kier alpha value is -0.650. The first-order valence-electron chi connectivity index (χ1n) is 7.66. The highest BCUT2D eigenvalue weighted by molar-refractivity contribution is 7.15. The molecule has 0 unspecified atom stereocenters. The Morgan fingerprint density at radius 1 is 1.15 bits per heavy atom. The Morgan fingerprint density at radius 3 is 2.35 bits per heavy atom. The lowest BCUT2D eigenvalue weighted by molar-refractivity contribution is 0.209. The fraction of sp³-hybridized carbons (Fsp3) is 0.800. The zero-order chi connectivity index (χ0) is 14.7. The van der Waals surface area contributed by atoms with Crippen molar-refractivity contribution in [2.24, 2.45) is 0 Å². The van der Waals surface area contributed by atoms with Gasteiger partial charge in [0, 0.05) is 49.7 Å². The summed E-state index contributed by atoms with van der Waals surface area (Å²) < 4.78 is 0. The Morgan fingerprint density at radius 2 is 1.80 bits per heavy atom. The van der Waals surface area contributed by atoms with E-state index < -0.39 is 0 Å². The molecule has 0 saturated carbocycles. The van der Waals surface area contributed by atoms with E-state index in [4.69, 9.17) is 4.98 Å². The number of hydrogen-bond acceptors (Lipinski definition) is 5. The standard InChI is InChI=1S/C15H28N4S/c1-11(2)16-10-14-13(5)17-15(20-14)19-8-6-18(7-9-19)12(3)4/h11-12,16H,6-10H2,1-5H3. The van der Waals surface area contributed by atoms with E-state index in [0.717, 1.165) is 32.7 Å². The van der Waals surface area contributed by atoms with Crippen LogP contribution in [-0.2, 0) is 6.54 Å². The van der Waals surface area contributed by atoms with Crippen LogP contribution in [0.5, 0.6) is 0 Å². The van der Waals surface area contributed by atoms with Gasteiger partial charge in [0.15, 0.2) is 5.13 Å². The second kappa shape index (κ2) is 6.87. The van der Waals surface area contributed by atoms with Gasteiger partial charge in [0.05, 0.1) is 5.69 Å². The van der Waals surface area contributed by atoms with Gasteiger partial charge in [-0.15, -0.1) is 11.3 Å². The molecule has 0 atom stereocenters. The van der Waals surface area contributed by atoms with Crippen LogP contribution in [0.1, 0.15) is 38.3 Å². The molecule has 2 heterocycles. The van der Waals surface area contributed by atoms with Gasteiger partial charge in [-0.3, -0.25) is 4.90 Å². The average molecular weight is 296 g/mol. The first-order valence-corrected chi connectivity index (χ1v) is 8.47. The molecule has 0 aliphatic carbocycles. The minimum atomic E-state index is 0.523. The maximum Gasteiger partial charge on any atom is 0.185 e. The predicted molar refractivity (Wildman–Crippen MR) is 87.7 cm³/mol. The van der Waals surface area contributed by atoms with Crippen LogP contribution in [-0.4, -0.2) is 48.1 Å². The normalized spacial score (nSPS) is 17.4. The summed E-state index contributed by atoms with van der Waals surface area (Å²) in [6, 6.07) is 1.18. The van der Waals surface area contributed by atoms with Gasteiger partial charge in [-0.25, -0.2) is 4.98 Å². The van der Waals surface area contributed by atoms with Crippen LogP contribution in [0.2, 0.25) is 0 Å². The van der Waals surface area contributed by atoms with E-state index in [1.54, 1.807) is 0 Å². The van der Waals surface area contributed by atoms with Crippen molar-refractivity contribution in [2.45, 2.75) is 53.2 Å². The Balaban J connectivity index is 1.95. The maximum absolute atomic E-state index is 4.77. The number of thiazole rings is 1. The van der Waals surface area contributed by atoms with Crippen LogP contribution in [0, 0.1) is 6.92 Å². The molecule has 0 aromatic carbocycles. The molecule has 0 amide bonds. The highest BCUT2D eigenvalue weighted by atomic mass is 32.1. The van der Waals surface area contributed by atoms with Crippen LogP contribution in [0.15, 0.2) is 0 Å². The van der Waals surface area contributed by atoms with E-state index in [2.05, 4.69) is 49.7 Å². The summed E-state index contributed by atoms with van der Waals surface area (Å²) >= 11 is 1.85. The molecule has 1 aliphatic rings. The van der Waals surface area contributed by atoms with Crippen LogP contribution in [0.3, 0.4) is 0 Å². The Kier molecular flexibility index (Phi) is 5.41. The Bertz CT molecular complexity index is 420. The van der Waals surface area contributed by atoms with Crippen molar-refractivity contribution in [1.82, 2.24) is 15.2 Å². The molecule has 0 radical (unpaired) electrons. The lowest BCUT2D eigenvalue weighted by Gasteiger charge is -2.36. The molecule has 1 fully saturated rings. The third kappa shape index (κ3) is 3.93. The van der Waals surface area contributed by atoms with E-state index in [-0.39, 0.29) is 0 Å². The van der Waals surface area contributed by atoms with Gasteiger partial charge in [0.1, 0.15) is 0 Å². The zero-order valence-corrected chi connectivity index (χ0v) is 14.3. The van der Waals surface area contributed by atoms with Gasteiger partial charge >= 0.3 is 0 Å². The molecule has 1 aliphatic heterocycles. The van der Waals surface area contributed by atoms with Crippen LogP contribution in [0.25, 0.3) is 0 Å². The minimum Gasteiger partial charge on any atom is -0.346 e. The molecule has 20 heavy (non-hydrogen) atoms. The van der Waals surface area contributed by atoms with Crippen LogP contribution in [0.4, 0.5) is 5.13 Å². The quantitative estimate of drug-likeness (QED) is 0.904. The van der Waals surface area contributed by atoms with Gasteiger partial charge in [-0.2, -0.15) is 0 Å². The zero-order valence-electron chi connectivity index (χ0n) is 13.4. The first kappa shape index (κ1) is 15.7. The summed E-state index contributed by atoms with van der Waals surface area (Å²) in [5.74, 6) is 0. The summed E-state index contributed by atoms with van der Waals surface area (Å²) in [5.41, 5.74) is 1.18. The number of aromatic nitrogens is 1. The molecule has 0 bridgehead atoms. The maximum atomic E-state index is 4.77. The van der Waals surface area contributed by atoms with Crippen molar-refractivity contribution in [3.05, 3.63) is 10.6 Å². The number of nitrogens with zero attached hydrogens (tertiary/aromatic N) is 3. The van der Waals surface area contributed by atoms with Gasteiger partial charge < -0.3 is 10.2 Å². The van der Waals surface area contributed by atoms with Crippen LogP contribution >= 0.6 is 11.3 Å². The van der Waals surface area contributed by atoms with Crippen molar-refractivity contribution < 1.29 is 0 Å². The Labute approximate surface area is 127 Å². The van der Waals surface area contributed by atoms with Gasteiger partial charge in [-0.05, 0) is 20.8 Å². The number of anilines is 1. The van der Waals surface area contributed by atoms with Crippen molar-refractivity contribution in [2.75, 3.05) is 31.1 Å². The summed E-state index contributed by atoms with van der Waals surface area (Å²) in [6.45, 7) is 16.5. The lowest BCUT2D eigenvalue weighted by Crippen LogP contribution is -2.48. The second-order valence-electron chi connectivity index (χ2n) is 6.16. The molecule has 1 N–H and O–H groups in total. The number of nitrogens with one attached hydrogen (secondary N) is 1. The second-order valence-corrected chi connectivity index (χ2v) is 7.22. The molecule has 2 rings (SSSR count). The topological polar surface area (TPSA) is 31.4 Å². The molecule has 5 heteroatoms. The van der Waals surface area contributed by atoms with E-state index in [1.807, 2.05) is 11.3 Å². The number of rotatable bonds is 5. The highest BCUT2D eigenvalue weighted by Crippen LogP contribution is 2.27. The third-order valence-corrected chi connectivity index (χ3v) is 5.09. The van der Waals surface area contributed by atoms with E-state index in [9.17, 15) is 0 Å². The predicted octanol–water partition coefficient (Wildman–Crippen LogP) is 2.48. The van der Waals surface area contributed by atoms with Gasteiger partial charge in [-0.1, -0.05) is 13.8 Å². The number of piperazine rings is 1. The first-order chi connectivity index (χ1) is 9.47. The van der Waals surface area contributed by atoms with Crippen molar-refractivity contribution >= 4 is 16.5 Å². The molecular formula is C15H28N4S. The smallest absolute Gasteiger partial charge is 0.185 e. The summed E-state index contributed by atoms with van der Waals surface area (Å²) in [7, 11) is 0. The molecule has 114 valence electrons.